The Balaban J connectivity index is 2.36. The highest BCUT2D eigenvalue weighted by atomic mass is 14.9. The predicted octanol–water partition coefficient (Wildman–Crippen LogP) is 2.52. The van der Waals surface area contributed by atoms with Crippen LogP contribution in [0.15, 0.2) is 16.8 Å². The van der Waals surface area contributed by atoms with Gasteiger partial charge in [-0.2, -0.15) is 5.11 Å². The van der Waals surface area contributed by atoms with Crippen molar-refractivity contribution in [2.75, 3.05) is 6.54 Å². The van der Waals surface area contributed by atoms with Crippen molar-refractivity contribution in [1.29, 1.82) is 5.53 Å². The summed E-state index contributed by atoms with van der Waals surface area (Å²) in [5, 5.41) is 3.34. The normalized spacial score (nSPS) is 18.9. The lowest BCUT2D eigenvalue weighted by Gasteiger charge is -2.08. The van der Waals surface area contributed by atoms with Crippen LogP contribution in [-0.4, -0.2) is 6.54 Å². The molecule has 0 saturated heterocycles. The Morgan fingerprint density at radius 3 is 3.00 bits per heavy atom. The highest BCUT2D eigenvalue weighted by Gasteiger charge is 2.00. The Labute approximate surface area is 55.5 Å². The first-order valence-corrected chi connectivity index (χ1v) is 3.44. The lowest BCUT2D eigenvalue weighted by Crippen LogP contribution is -1.93. The molecular weight excluding hydrogens is 112 g/mol. The molecule has 50 valence electrons. The summed E-state index contributed by atoms with van der Waals surface area (Å²) in [6, 6.07) is 0. The summed E-state index contributed by atoms with van der Waals surface area (Å²) in [5.74, 6) is 0. The Morgan fingerprint density at radius 2 is 2.44 bits per heavy atom. The van der Waals surface area contributed by atoms with Gasteiger partial charge >= 0.3 is 0 Å². The molecule has 0 unspecified atom stereocenters. The van der Waals surface area contributed by atoms with Gasteiger partial charge in [-0.15, -0.1) is 0 Å². The molecule has 1 aliphatic carbocycles. The molecule has 0 aromatic rings. The van der Waals surface area contributed by atoms with Crippen LogP contribution in [0.1, 0.15) is 25.7 Å². The zero-order chi connectivity index (χ0) is 6.53. The summed E-state index contributed by atoms with van der Waals surface area (Å²) >= 11 is 0. The van der Waals surface area contributed by atoms with E-state index < -0.39 is 0 Å². The van der Waals surface area contributed by atoms with Crippen LogP contribution in [0.25, 0.3) is 0 Å². The molecule has 0 aromatic heterocycles. The van der Waals surface area contributed by atoms with Gasteiger partial charge in [0.1, 0.15) is 0 Å². The molecule has 1 rings (SSSR count). The smallest absolute Gasteiger partial charge is 0.0806 e. The maximum Gasteiger partial charge on any atom is 0.0806 e. The fraction of sp³-hybridized carbons (Fsp3) is 0.714. The van der Waals surface area contributed by atoms with Crippen LogP contribution < -0.4 is 0 Å². The monoisotopic (exact) mass is 124 g/mol. The number of hydrogen-bond donors (Lipinski definition) is 1. The Kier molecular flexibility index (Phi) is 2.43. The van der Waals surface area contributed by atoms with Crippen molar-refractivity contribution in [3.63, 3.8) is 0 Å². The van der Waals surface area contributed by atoms with Crippen molar-refractivity contribution >= 4 is 0 Å². The van der Waals surface area contributed by atoms with Gasteiger partial charge in [-0.3, -0.25) is 0 Å². The Bertz CT molecular complexity index is 127. The number of nitrogens with one attached hydrogen (secondary N) is 1. The van der Waals surface area contributed by atoms with Gasteiger partial charge in [-0.1, -0.05) is 11.6 Å². The Morgan fingerprint density at radius 1 is 1.56 bits per heavy atom. The zero-order valence-electron chi connectivity index (χ0n) is 5.56. The fourth-order valence-electron chi connectivity index (χ4n) is 1.15. The molecule has 0 bridgehead atoms. The van der Waals surface area contributed by atoms with Crippen LogP contribution in [0, 0.1) is 5.53 Å². The van der Waals surface area contributed by atoms with Crippen LogP contribution in [0.3, 0.4) is 0 Å². The van der Waals surface area contributed by atoms with Crippen molar-refractivity contribution in [2.45, 2.75) is 25.7 Å². The molecule has 0 fully saturated rings. The maximum absolute atomic E-state index is 6.62. The molecule has 0 radical (unpaired) electrons. The summed E-state index contributed by atoms with van der Waals surface area (Å²) in [7, 11) is 0. The van der Waals surface area contributed by atoms with Crippen LogP contribution in [-0.2, 0) is 0 Å². The third-order valence-corrected chi connectivity index (χ3v) is 1.67. The number of allylic oxidation sites excluding steroid dienone is 1. The van der Waals surface area contributed by atoms with Crippen molar-refractivity contribution in [3.8, 4) is 0 Å². The molecule has 0 amide bonds. The second-order valence-corrected chi connectivity index (χ2v) is 2.42. The van der Waals surface area contributed by atoms with E-state index >= 15 is 0 Å². The van der Waals surface area contributed by atoms with E-state index in [0.29, 0.717) is 6.54 Å². The van der Waals surface area contributed by atoms with E-state index in [1.165, 1.54) is 31.3 Å². The highest BCUT2D eigenvalue weighted by molar-refractivity contribution is 5.06. The molecule has 1 N–H and O–H groups in total. The van der Waals surface area contributed by atoms with E-state index in [9.17, 15) is 0 Å². The first kappa shape index (κ1) is 6.46. The van der Waals surface area contributed by atoms with Crippen molar-refractivity contribution in [2.24, 2.45) is 5.11 Å². The standard InChI is InChI=1S/C7H12N2/c8-9-6-7-4-2-1-3-5-7/h4,8H,1-3,5-6H2. The van der Waals surface area contributed by atoms with Crippen molar-refractivity contribution in [1.82, 2.24) is 0 Å². The second-order valence-electron chi connectivity index (χ2n) is 2.42. The fourth-order valence-corrected chi connectivity index (χ4v) is 1.15. The van der Waals surface area contributed by atoms with E-state index in [0.717, 1.165) is 0 Å². The first-order valence-electron chi connectivity index (χ1n) is 3.44. The lowest BCUT2D eigenvalue weighted by atomic mass is 10.00. The van der Waals surface area contributed by atoms with Gasteiger partial charge in [0.05, 0.1) is 6.54 Å². The molecule has 0 heterocycles. The van der Waals surface area contributed by atoms with Crippen LogP contribution in [0.2, 0.25) is 0 Å². The third kappa shape index (κ3) is 1.96. The summed E-state index contributed by atoms with van der Waals surface area (Å²) in [4.78, 5) is 0. The van der Waals surface area contributed by atoms with Gasteiger partial charge in [-0.25, -0.2) is 5.53 Å². The van der Waals surface area contributed by atoms with Gasteiger partial charge in [0.15, 0.2) is 0 Å². The van der Waals surface area contributed by atoms with Crippen LogP contribution >= 0.6 is 0 Å². The Hall–Kier alpha value is -0.660. The van der Waals surface area contributed by atoms with Crippen LogP contribution in [0.4, 0.5) is 0 Å². The topological polar surface area (TPSA) is 36.2 Å². The van der Waals surface area contributed by atoms with Gasteiger partial charge < -0.3 is 0 Å². The predicted molar refractivity (Wildman–Crippen MR) is 36.6 cm³/mol. The summed E-state index contributed by atoms with van der Waals surface area (Å²) in [6.45, 7) is 0.639. The molecule has 1 aliphatic rings. The number of rotatable bonds is 2. The third-order valence-electron chi connectivity index (χ3n) is 1.67. The average Bonchev–Trinajstić information content (AvgIpc) is 1.91. The molecule has 2 nitrogen and oxygen atoms in total. The molecule has 2 heteroatoms. The molecule has 9 heavy (non-hydrogen) atoms. The van der Waals surface area contributed by atoms with Crippen molar-refractivity contribution < 1.29 is 0 Å². The highest BCUT2D eigenvalue weighted by Crippen LogP contribution is 2.16. The molecule has 0 aromatic carbocycles. The number of hydrogen-bond acceptors (Lipinski definition) is 2. The number of nitrogens with zero attached hydrogens (tertiary/aromatic N) is 1. The molecular formula is C7H12N2. The minimum Gasteiger partial charge on any atom is -0.210 e. The van der Waals surface area contributed by atoms with Gasteiger partial charge in [0.2, 0.25) is 0 Å². The molecule has 0 atom stereocenters. The van der Waals surface area contributed by atoms with Gasteiger partial charge in [0, 0.05) is 0 Å². The lowest BCUT2D eigenvalue weighted by molar-refractivity contribution is 0.685. The molecule has 0 saturated carbocycles. The molecule has 0 aliphatic heterocycles. The quantitative estimate of drug-likeness (QED) is 0.434. The maximum atomic E-state index is 6.62. The SMILES string of the molecule is N=NCC1=CCCCC1. The van der Waals surface area contributed by atoms with E-state index in [1.807, 2.05) is 0 Å². The summed E-state index contributed by atoms with van der Waals surface area (Å²) in [5.41, 5.74) is 7.98. The van der Waals surface area contributed by atoms with Gasteiger partial charge in [0.25, 0.3) is 0 Å². The van der Waals surface area contributed by atoms with E-state index in [-0.39, 0.29) is 0 Å². The van der Waals surface area contributed by atoms with Crippen molar-refractivity contribution in [3.05, 3.63) is 11.6 Å². The summed E-state index contributed by atoms with van der Waals surface area (Å²) < 4.78 is 0. The zero-order valence-corrected chi connectivity index (χ0v) is 5.56. The van der Waals surface area contributed by atoms with E-state index in [2.05, 4.69) is 11.2 Å². The van der Waals surface area contributed by atoms with Gasteiger partial charge in [-0.05, 0) is 25.7 Å². The summed E-state index contributed by atoms with van der Waals surface area (Å²) in [6.07, 6.45) is 7.21. The first-order chi connectivity index (χ1) is 4.43. The minimum absolute atomic E-state index is 0.639. The van der Waals surface area contributed by atoms with Crippen LogP contribution in [0.5, 0.6) is 0 Å². The molecule has 0 spiro atoms. The van der Waals surface area contributed by atoms with E-state index in [4.69, 9.17) is 5.53 Å². The average molecular weight is 124 g/mol. The second kappa shape index (κ2) is 3.38. The van der Waals surface area contributed by atoms with E-state index in [1.54, 1.807) is 0 Å². The largest absolute Gasteiger partial charge is 0.210 e. The minimum atomic E-state index is 0.639.